The fourth-order valence-corrected chi connectivity index (χ4v) is 3.81. The van der Waals surface area contributed by atoms with Gasteiger partial charge in [-0.3, -0.25) is 0 Å². The monoisotopic (exact) mass is 346 g/mol. The summed E-state index contributed by atoms with van der Waals surface area (Å²) in [5.41, 5.74) is 2.42. The molecule has 0 heterocycles. The molecule has 6 heteroatoms. The van der Waals surface area contributed by atoms with Crippen LogP contribution in [0.4, 0.5) is 0 Å². The molecule has 1 aliphatic carbocycles. The molecule has 5 N–H and O–H groups in total. The molecule has 1 aliphatic rings. The van der Waals surface area contributed by atoms with Crippen molar-refractivity contribution in [2.75, 3.05) is 20.3 Å². The molecular formula is C19H22O6. The maximum Gasteiger partial charge on any atom is 0.160 e. The van der Waals surface area contributed by atoms with Crippen molar-refractivity contribution in [3.8, 4) is 23.0 Å². The van der Waals surface area contributed by atoms with E-state index in [9.17, 15) is 25.5 Å². The second kappa shape index (κ2) is 6.82. The first-order valence-corrected chi connectivity index (χ1v) is 8.13. The van der Waals surface area contributed by atoms with Crippen molar-refractivity contribution in [1.29, 1.82) is 0 Å². The molecule has 2 aromatic carbocycles. The number of phenols is 3. The van der Waals surface area contributed by atoms with Gasteiger partial charge in [0.25, 0.3) is 0 Å². The molecule has 0 saturated heterocycles. The number of aliphatic hydroxyl groups excluding tert-OH is 2. The lowest BCUT2D eigenvalue weighted by Gasteiger charge is -2.38. The molecule has 0 spiro atoms. The van der Waals surface area contributed by atoms with Crippen LogP contribution in [0.1, 0.15) is 22.6 Å². The molecule has 0 fully saturated rings. The molecule has 6 nitrogen and oxygen atoms in total. The van der Waals surface area contributed by atoms with Crippen molar-refractivity contribution in [3.05, 3.63) is 47.0 Å². The molecule has 0 unspecified atom stereocenters. The van der Waals surface area contributed by atoms with Gasteiger partial charge in [-0.25, -0.2) is 0 Å². The minimum atomic E-state index is -0.339. The quantitative estimate of drug-likeness (QED) is 0.539. The Morgan fingerprint density at radius 3 is 2.32 bits per heavy atom. The highest BCUT2D eigenvalue weighted by Gasteiger charge is 2.38. The maximum atomic E-state index is 10.2. The summed E-state index contributed by atoms with van der Waals surface area (Å²) >= 11 is 0. The van der Waals surface area contributed by atoms with Crippen molar-refractivity contribution in [2.24, 2.45) is 11.8 Å². The molecule has 0 aliphatic heterocycles. The summed E-state index contributed by atoms with van der Waals surface area (Å²) in [5.74, 6) is -0.925. The minimum Gasteiger partial charge on any atom is -0.504 e. The van der Waals surface area contributed by atoms with Crippen molar-refractivity contribution in [3.63, 3.8) is 0 Å². The number of phenolic OH excluding ortho intramolecular Hbond substituents is 3. The van der Waals surface area contributed by atoms with Gasteiger partial charge in [0.2, 0.25) is 0 Å². The van der Waals surface area contributed by atoms with Crippen LogP contribution in [0.25, 0.3) is 0 Å². The first kappa shape index (κ1) is 17.4. The Bertz CT molecular complexity index is 773. The van der Waals surface area contributed by atoms with E-state index in [4.69, 9.17) is 4.74 Å². The largest absolute Gasteiger partial charge is 0.504 e. The van der Waals surface area contributed by atoms with Gasteiger partial charge in [0, 0.05) is 19.1 Å². The highest BCUT2D eigenvalue weighted by molar-refractivity contribution is 5.53. The summed E-state index contributed by atoms with van der Waals surface area (Å²) in [7, 11) is 1.47. The van der Waals surface area contributed by atoms with E-state index in [1.165, 1.54) is 19.2 Å². The van der Waals surface area contributed by atoms with Gasteiger partial charge in [-0.15, -0.1) is 0 Å². The second-order valence-corrected chi connectivity index (χ2v) is 6.44. The van der Waals surface area contributed by atoms with Crippen molar-refractivity contribution < 1.29 is 30.3 Å². The number of fused-ring (bicyclic) bond motifs is 1. The topological polar surface area (TPSA) is 110 Å². The van der Waals surface area contributed by atoms with Crippen LogP contribution < -0.4 is 4.74 Å². The Balaban J connectivity index is 2.19. The van der Waals surface area contributed by atoms with Crippen molar-refractivity contribution >= 4 is 0 Å². The Morgan fingerprint density at radius 1 is 0.960 bits per heavy atom. The molecule has 0 radical (unpaired) electrons. The summed E-state index contributed by atoms with van der Waals surface area (Å²) in [6, 6.07) is 7.87. The minimum absolute atomic E-state index is 0.00612. The lowest BCUT2D eigenvalue weighted by molar-refractivity contribution is 0.101. The number of hydrogen-bond acceptors (Lipinski definition) is 6. The van der Waals surface area contributed by atoms with E-state index < -0.39 is 0 Å². The fourth-order valence-electron chi connectivity index (χ4n) is 3.81. The molecule has 2 aromatic rings. The number of aromatic hydroxyl groups is 3. The lowest BCUT2D eigenvalue weighted by atomic mass is 9.67. The predicted octanol–water partition coefficient (Wildman–Crippen LogP) is 1.72. The number of aliphatic hydroxyl groups is 2. The van der Waals surface area contributed by atoms with Gasteiger partial charge in [0.1, 0.15) is 0 Å². The van der Waals surface area contributed by atoms with E-state index in [-0.39, 0.29) is 48.2 Å². The molecular weight excluding hydrogens is 324 g/mol. The number of methoxy groups -OCH3 is 1. The van der Waals surface area contributed by atoms with Gasteiger partial charge in [-0.2, -0.15) is 0 Å². The molecule has 134 valence electrons. The second-order valence-electron chi connectivity index (χ2n) is 6.44. The van der Waals surface area contributed by atoms with Crippen LogP contribution in [0.15, 0.2) is 30.3 Å². The highest BCUT2D eigenvalue weighted by atomic mass is 16.5. The number of rotatable bonds is 4. The highest BCUT2D eigenvalue weighted by Crippen LogP contribution is 2.47. The zero-order valence-electron chi connectivity index (χ0n) is 13.9. The average molecular weight is 346 g/mol. The third-order valence-corrected chi connectivity index (χ3v) is 5.10. The molecule has 3 rings (SSSR count). The van der Waals surface area contributed by atoms with E-state index in [0.717, 1.165) is 11.1 Å². The van der Waals surface area contributed by atoms with Crippen molar-refractivity contribution in [2.45, 2.75) is 12.3 Å². The average Bonchev–Trinajstić information content (AvgIpc) is 2.62. The maximum absolute atomic E-state index is 10.2. The Morgan fingerprint density at radius 2 is 1.72 bits per heavy atom. The van der Waals surface area contributed by atoms with Crippen LogP contribution in [0.5, 0.6) is 23.0 Å². The first-order valence-electron chi connectivity index (χ1n) is 8.13. The van der Waals surface area contributed by atoms with Crippen LogP contribution >= 0.6 is 0 Å². The van der Waals surface area contributed by atoms with Gasteiger partial charge in [-0.05, 0) is 59.2 Å². The van der Waals surface area contributed by atoms with Crippen LogP contribution in [0.3, 0.4) is 0 Å². The lowest BCUT2D eigenvalue weighted by Crippen LogP contribution is -2.35. The zero-order chi connectivity index (χ0) is 18.1. The van der Waals surface area contributed by atoms with Gasteiger partial charge in [0.05, 0.1) is 7.11 Å². The van der Waals surface area contributed by atoms with Crippen LogP contribution in [-0.4, -0.2) is 45.9 Å². The van der Waals surface area contributed by atoms with Crippen molar-refractivity contribution in [1.82, 2.24) is 0 Å². The summed E-state index contributed by atoms with van der Waals surface area (Å²) in [6.45, 7) is -0.238. The summed E-state index contributed by atoms with van der Waals surface area (Å²) in [4.78, 5) is 0. The van der Waals surface area contributed by atoms with E-state index in [1.807, 2.05) is 0 Å². The Hall–Kier alpha value is -2.44. The summed E-state index contributed by atoms with van der Waals surface area (Å²) in [5, 5.41) is 49.3. The van der Waals surface area contributed by atoms with E-state index >= 15 is 0 Å². The molecule has 0 saturated carbocycles. The van der Waals surface area contributed by atoms with Gasteiger partial charge >= 0.3 is 0 Å². The molecule has 0 bridgehead atoms. The van der Waals surface area contributed by atoms with Crippen LogP contribution in [0.2, 0.25) is 0 Å². The summed E-state index contributed by atoms with van der Waals surface area (Å²) in [6.07, 6.45) is 0.550. The smallest absolute Gasteiger partial charge is 0.160 e. The Labute approximate surface area is 145 Å². The van der Waals surface area contributed by atoms with Crippen LogP contribution in [0, 0.1) is 11.8 Å². The summed E-state index contributed by atoms with van der Waals surface area (Å²) < 4.78 is 5.17. The third kappa shape index (κ3) is 2.99. The Kier molecular flexibility index (Phi) is 4.74. The zero-order valence-corrected chi connectivity index (χ0v) is 13.9. The molecule has 0 amide bonds. The van der Waals surface area contributed by atoms with Gasteiger partial charge < -0.3 is 30.3 Å². The van der Waals surface area contributed by atoms with E-state index in [1.54, 1.807) is 18.2 Å². The standard InChI is InChI=1S/C19H22O6/c1-25-18-6-11-4-12(8-20)14(9-21)19(13(11)7-17(18)24)10-2-3-15(22)16(23)5-10/h2-3,5-7,12,14,19-24H,4,8-9H2,1H3/t12-,14+,19-/m0/s1. The predicted molar refractivity (Wildman–Crippen MR) is 91.1 cm³/mol. The number of ether oxygens (including phenoxy) is 1. The van der Waals surface area contributed by atoms with Gasteiger partial charge in [-0.1, -0.05) is 6.07 Å². The SMILES string of the molecule is COc1cc2c(cc1O)[C@H](c1ccc(O)c(O)c1)[C@H](CO)[C@H](CO)C2. The molecule has 0 aromatic heterocycles. The van der Waals surface area contributed by atoms with E-state index in [2.05, 4.69) is 0 Å². The number of benzene rings is 2. The third-order valence-electron chi connectivity index (χ3n) is 5.10. The van der Waals surface area contributed by atoms with Crippen LogP contribution in [-0.2, 0) is 6.42 Å². The fraction of sp³-hybridized carbons (Fsp3) is 0.368. The molecule has 25 heavy (non-hydrogen) atoms. The first-order chi connectivity index (χ1) is 12.0. The normalized spacial score (nSPS) is 22.4. The molecule has 3 atom stereocenters. The van der Waals surface area contributed by atoms with E-state index in [0.29, 0.717) is 17.7 Å². The van der Waals surface area contributed by atoms with Gasteiger partial charge in [0.15, 0.2) is 23.0 Å². The number of hydrogen-bond donors (Lipinski definition) is 5.